The average molecular weight is 426 g/mol. The minimum Gasteiger partial charge on any atom is -0.497 e. The molecular weight excluding hydrogens is 394 g/mol. The first-order valence-electron chi connectivity index (χ1n) is 10.9. The van der Waals surface area contributed by atoms with Gasteiger partial charge in [0.2, 0.25) is 0 Å². The molecule has 4 rings (SSSR count). The number of fused-ring (bicyclic) bond motifs is 1. The van der Waals surface area contributed by atoms with Gasteiger partial charge in [-0.15, -0.1) is 0 Å². The highest BCUT2D eigenvalue weighted by Gasteiger charge is 2.51. The highest BCUT2D eigenvalue weighted by atomic mass is 16.5. The lowest BCUT2D eigenvalue weighted by molar-refractivity contribution is -0.115. The summed E-state index contributed by atoms with van der Waals surface area (Å²) in [7, 11) is 4.83. The minimum atomic E-state index is -0.783. The van der Waals surface area contributed by atoms with E-state index in [1.54, 1.807) is 33.5 Å². The third kappa shape index (κ3) is 3.85. The second kappa shape index (κ2) is 8.79. The number of ether oxygens (including phenoxy) is 3. The molecular formula is C25H31NO5. The number of aliphatic hydroxyl groups is 1. The number of methoxy groups -OCH3 is 3. The van der Waals surface area contributed by atoms with Crippen molar-refractivity contribution in [2.24, 2.45) is 5.92 Å². The fraction of sp³-hybridized carbons (Fsp3) is 0.480. The Morgan fingerprint density at radius 2 is 1.77 bits per heavy atom. The van der Waals surface area contributed by atoms with E-state index in [4.69, 9.17) is 14.2 Å². The van der Waals surface area contributed by atoms with Gasteiger partial charge in [-0.05, 0) is 49.6 Å². The largest absolute Gasteiger partial charge is 0.497 e. The zero-order valence-electron chi connectivity index (χ0n) is 18.5. The standard InChI is InChI=1S/C25H31NO5/c1-29-17-11-12-22(31-3)19(16-17)23-20-9-6-7-13-25(20,28)14-15-26(23)24(27)18-8-4-5-10-21(18)30-2/h4-5,8,10-12,16,20,23,28H,6-7,9,13-15H2,1-3H3/t20-,23-,25-/m0/s1. The van der Waals surface area contributed by atoms with Crippen molar-refractivity contribution >= 4 is 5.91 Å². The van der Waals surface area contributed by atoms with Gasteiger partial charge in [0.05, 0.1) is 38.5 Å². The number of carbonyl (C=O) groups is 1. The Labute approximate surface area is 183 Å². The number of para-hydroxylation sites is 1. The van der Waals surface area contributed by atoms with Crippen LogP contribution in [-0.2, 0) is 0 Å². The second-order valence-electron chi connectivity index (χ2n) is 8.46. The average Bonchev–Trinajstić information content (AvgIpc) is 2.82. The number of likely N-dealkylation sites (tertiary alicyclic amines) is 1. The number of amides is 1. The van der Waals surface area contributed by atoms with E-state index >= 15 is 0 Å². The summed E-state index contributed by atoms with van der Waals surface area (Å²) in [5.41, 5.74) is 0.613. The lowest BCUT2D eigenvalue weighted by atomic mass is 9.66. The van der Waals surface area contributed by atoms with Crippen LogP contribution < -0.4 is 14.2 Å². The van der Waals surface area contributed by atoms with Crippen LogP contribution in [0.15, 0.2) is 42.5 Å². The lowest BCUT2D eigenvalue weighted by Crippen LogP contribution is -2.56. The molecule has 0 spiro atoms. The molecule has 0 unspecified atom stereocenters. The van der Waals surface area contributed by atoms with E-state index in [2.05, 4.69) is 0 Å². The zero-order chi connectivity index (χ0) is 22.0. The molecule has 1 saturated carbocycles. The van der Waals surface area contributed by atoms with Gasteiger partial charge >= 0.3 is 0 Å². The van der Waals surface area contributed by atoms with Gasteiger partial charge in [0, 0.05) is 18.0 Å². The predicted octanol–water partition coefficient (Wildman–Crippen LogP) is 4.22. The molecule has 1 aliphatic heterocycles. The summed E-state index contributed by atoms with van der Waals surface area (Å²) in [6.45, 7) is 0.467. The zero-order valence-corrected chi connectivity index (χ0v) is 18.5. The smallest absolute Gasteiger partial charge is 0.258 e. The Morgan fingerprint density at radius 1 is 1.00 bits per heavy atom. The molecule has 3 atom stereocenters. The van der Waals surface area contributed by atoms with E-state index in [9.17, 15) is 9.90 Å². The SMILES string of the molecule is COc1ccc(OC)c([C@H]2[C@@H]3CCCC[C@]3(O)CCN2C(=O)c2ccccc2OC)c1. The highest BCUT2D eigenvalue weighted by molar-refractivity contribution is 5.97. The number of nitrogens with zero attached hydrogens (tertiary/aromatic N) is 1. The minimum absolute atomic E-state index is 0.0744. The molecule has 0 bridgehead atoms. The molecule has 1 saturated heterocycles. The van der Waals surface area contributed by atoms with Gasteiger partial charge < -0.3 is 24.2 Å². The summed E-state index contributed by atoms with van der Waals surface area (Å²) in [6.07, 6.45) is 4.23. The second-order valence-corrected chi connectivity index (χ2v) is 8.46. The van der Waals surface area contributed by atoms with Crippen molar-refractivity contribution in [3.8, 4) is 17.2 Å². The van der Waals surface area contributed by atoms with E-state index in [1.165, 1.54) is 0 Å². The first-order chi connectivity index (χ1) is 15.0. The van der Waals surface area contributed by atoms with Crippen LogP contribution in [0.5, 0.6) is 17.2 Å². The Kier molecular flexibility index (Phi) is 6.10. The number of hydrogen-bond donors (Lipinski definition) is 1. The Balaban J connectivity index is 1.84. The van der Waals surface area contributed by atoms with Gasteiger partial charge in [-0.25, -0.2) is 0 Å². The molecule has 1 heterocycles. The molecule has 0 aromatic heterocycles. The number of rotatable bonds is 5. The van der Waals surface area contributed by atoms with Crippen molar-refractivity contribution in [1.29, 1.82) is 0 Å². The number of carbonyl (C=O) groups excluding carboxylic acids is 1. The third-order valence-corrected chi connectivity index (χ3v) is 6.92. The Hall–Kier alpha value is -2.73. The van der Waals surface area contributed by atoms with Crippen LogP contribution in [0, 0.1) is 5.92 Å². The van der Waals surface area contributed by atoms with E-state index in [1.807, 2.05) is 35.2 Å². The van der Waals surface area contributed by atoms with Crippen LogP contribution in [0.1, 0.15) is 54.1 Å². The van der Waals surface area contributed by atoms with Crippen molar-refractivity contribution < 1.29 is 24.1 Å². The van der Waals surface area contributed by atoms with E-state index in [-0.39, 0.29) is 17.9 Å². The van der Waals surface area contributed by atoms with Gasteiger partial charge in [-0.1, -0.05) is 25.0 Å². The maximum absolute atomic E-state index is 13.8. The summed E-state index contributed by atoms with van der Waals surface area (Å²) in [6, 6.07) is 12.6. The Morgan fingerprint density at radius 3 is 2.52 bits per heavy atom. The molecule has 31 heavy (non-hydrogen) atoms. The maximum atomic E-state index is 13.8. The number of hydrogen-bond acceptors (Lipinski definition) is 5. The van der Waals surface area contributed by atoms with Crippen LogP contribution in [0.3, 0.4) is 0 Å². The van der Waals surface area contributed by atoms with Crippen molar-refractivity contribution in [2.45, 2.75) is 43.7 Å². The van der Waals surface area contributed by atoms with E-state index in [0.29, 0.717) is 35.8 Å². The summed E-state index contributed by atoms with van der Waals surface area (Å²) in [5.74, 6) is 1.77. The van der Waals surface area contributed by atoms with Crippen LogP contribution >= 0.6 is 0 Å². The topological polar surface area (TPSA) is 68.2 Å². The van der Waals surface area contributed by atoms with Crippen molar-refractivity contribution in [3.05, 3.63) is 53.6 Å². The summed E-state index contributed by atoms with van der Waals surface area (Å²) in [5, 5.41) is 11.5. The summed E-state index contributed by atoms with van der Waals surface area (Å²) in [4.78, 5) is 15.7. The molecule has 2 aromatic rings. The van der Waals surface area contributed by atoms with E-state index < -0.39 is 5.60 Å². The Bertz CT molecular complexity index is 945. The van der Waals surface area contributed by atoms with Crippen LogP contribution in [0.4, 0.5) is 0 Å². The quantitative estimate of drug-likeness (QED) is 0.777. The molecule has 166 valence electrons. The van der Waals surface area contributed by atoms with Crippen molar-refractivity contribution in [1.82, 2.24) is 4.90 Å². The van der Waals surface area contributed by atoms with Crippen LogP contribution in [0.25, 0.3) is 0 Å². The lowest BCUT2D eigenvalue weighted by Gasteiger charge is -2.52. The summed E-state index contributed by atoms with van der Waals surface area (Å²) >= 11 is 0. The molecule has 2 aromatic carbocycles. The predicted molar refractivity (Wildman–Crippen MR) is 118 cm³/mol. The van der Waals surface area contributed by atoms with Crippen molar-refractivity contribution in [3.63, 3.8) is 0 Å². The van der Waals surface area contributed by atoms with Gasteiger partial charge in [0.1, 0.15) is 17.2 Å². The fourth-order valence-corrected chi connectivity index (χ4v) is 5.34. The normalized spacial score (nSPS) is 25.5. The molecule has 6 heteroatoms. The van der Waals surface area contributed by atoms with Gasteiger partial charge in [-0.2, -0.15) is 0 Å². The maximum Gasteiger partial charge on any atom is 0.258 e. The molecule has 1 aliphatic carbocycles. The van der Waals surface area contributed by atoms with E-state index in [0.717, 1.165) is 31.2 Å². The summed E-state index contributed by atoms with van der Waals surface area (Å²) < 4.78 is 16.6. The van der Waals surface area contributed by atoms with Crippen LogP contribution in [0.2, 0.25) is 0 Å². The fourth-order valence-electron chi connectivity index (χ4n) is 5.34. The third-order valence-electron chi connectivity index (χ3n) is 6.92. The van der Waals surface area contributed by atoms with Gasteiger partial charge in [-0.3, -0.25) is 4.79 Å². The number of piperidine rings is 1. The van der Waals surface area contributed by atoms with Crippen LogP contribution in [-0.4, -0.2) is 49.4 Å². The first-order valence-corrected chi connectivity index (χ1v) is 10.9. The molecule has 2 fully saturated rings. The van der Waals surface area contributed by atoms with Crippen molar-refractivity contribution in [2.75, 3.05) is 27.9 Å². The molecule has 1 amide bonds. The molecule has 1 N–H and O–H groups in total. The first kappa shape index (κ1) is 21.5. The molecule has 2 aliphatic rings. The molecule has 6 nitrogen and oxygen atoms in total. The molecule has 0 radical (unpaired) electrons. The van der Waals surface area contributed by atoms with Gasteiger partial charge in [0.25, 0.3) is 5.91 Å². The van der Waals surface area contributed by atoms with Gasteiger partial charge in [0.15, 0.2) is 0 Å². The highest BCUT2D eigenvalue weighted by Crippen LogP contribution is 2.51. The number of benzene rings is 2. The monoisotopic (exact) mass is 425 g/mol.